The minimum atomic E-state index is -0.371. The first-order valence-electron chi connectivity index (χ1n) is 8.54. The van der Waals surface area contributed by atoms with E-state index in [9.17, 15) is 4.39 Å². The number of pyridine rings is 1. The fraction of sp³-hybridized carbons (Fsp3) is 0.0952. The Balaban J connectivity index is 1.99. The fourth-order valence-electron chi connectivity index (χ4n) is 3.05. The van der Waals surface area contributed by atoms with Gasteiger partial charge in [-0.2, -0.15) is 0 Å². The van der Waals surface area contributed by atoms with E-state index >= 15 is 0 Å². The lowest BCUT2D eigenvalue weighted by molar-refractivity contribution is 0.419. The van der Waals surface area contributed by atoms with Gasteiger partial charge in [0.1, 0.15) is 22.9 Å². The van der Waals surface area contributed by atoms with Gasteiger partial charge in [-0.15, -0.1) is 0 Å². The van der Waals surface area contributed by atoms with Gasteiger partial charge in [-0.1, -0.05) is 11.6 Å². The van der Waals surface area contributed by atoms with E-state index in [0.29, 0.717) is 44.4 Å². The summed E-state index contributed by atoms with van der Waals surface area (Å²) >= 11 is 6.06. The Morgan fingerprint density at radius 2 is 1.93 bits per heavy atom. The third-order valence-corrected chi connectivity index (χ3v) is 4.62. The van der Waals surface area contributed by atoms with Crippen molar-refractivity contribution in [1.82, 2.24) is 15.0 Å². The van der Waals surface area contributed by atoms with Crippen LogP contribution in [-0.2, 0) is 0 Å². The first-order valence-corrected chi connectivity index (χ1v) is 8.92. The van der Waals surface area contributed by atoms with Crippen LogP contribution >= 0.6 is 11.6 Å². The number of ether oxygens (including phenoxy) is 1. The number of halogens is 2. The lowest BCUT2D eigenvalue weighted by Gasteiger charge is -2.14. The van der Waals surface area contributed by atoms with Crippen LogP contribution in [0.3, 0.4) is 0 Å². The summed E-state index contributed by atoms with van der Waals surface area (Å²) in [7, 11) is 3.33. The number of anilines is 1. The maximum atomic E-state index is 14.4. The van der Waals surface area contributed by atoms with E-state index in [0.717, 1.165) is 5.56 Å². The van der Waals surface area contributed by atoms with E-state index in [1.54, 1.807) is 38.7 Å². The number of nitrogens with one attached hydrogen (secondary N) is 1. The second-order valence-electron chi connectivity index (χ2n) is 6.09. The predicted molar refractivity (Wildman–Crippen MR) is 109 cm³/mol. The molecule has 2 heterocycles. The SMILES string of the molecule is CNc1nc(-c2cccnc2)nc2c(OC)cc(-c3cc(Cl)ccc3F)cc12. The number of aromatic nitrogens is 3. The summed E-state index contributed by atoms with van der Waals surface area (Å²) < 4.78 is 20.0. The topological polar surface area (TPSA) is 59.9 Å². The molecule has 0 amide bonds. The molecule has 5 nitrogen and oxygen atoms in total. The maximum Gasteiger partial charge on any atom is 0.163 e. The zero-order valence-corrected chi connectivity index (χ0v) is 16.0. The smallest absolute Gasteiger partial charge is 0.163 e. The molecule has 7 heteroatoms. The van der Waals surface area contributed by atoms with Gasteiger partial charge < -0.3 is 10.1 Å². The highest BCUT2D eigenvalue weighted by Crippen LogP contribution is 2.37. The first-order chi connectivity index (χ1) is 13.6. The molecule has 0 radical (unpaired) electrons. The molecule has 4 rings (SSSR count). The van der Waals surface area contributed by atoms with Crippen molar-refractivity contribution in [2.45, 2.75) is 0 Å². The molecule has 1 N–H and O–H groups in total. The van der Waals surface area contributed by atoms with Crippen molar-refractivity contribution in [2.75, 3.05) is 19.5 Å². The minimum absolute atomic E-state index is 0.371. The van der Waals surface area contributed by atoms with E-state index in [4.69, 9.17) is 16.3 Å². The van der Waals surface area contributed by atoms with Gasteiger partial charge in [0.2, 0.25) is 0 Å². The quantitative estimate of drug-likeness (QED) is 0.515. The van der Waals surface area contributed by atoms with Crippen LogP contribution in [0.4, 0.5) is 10.2 Å². The van der Waals surface area contributed by atoms with Crippen LogP contribution in [-0.4, -0.2) is 29.1 Å². The summed E-state index contributed by atoms with van der Waals surface area (Å²) in [6, 6.07) is 11.7. The number of hydrogen-bond donors (Lipinski definition) is 1. The van der Waals surface area contributed by atoms with Crippen molar-refractivity contribution in [3.8, 4) is 28.3 Å². The van der Waals surface area contributed by atoms with E-state index in [1.165, 1.54) is 12.1 Å². The molecule has 0 aliphatic heterocycles. The molecule has 0 saturated carbocycles. The van der Waals surface area contributed by atoms with Gasteiger partial charge in [-0.25, -0.2) is 14.4 Å². The Hall–Kier alpha value is -3.25. The van der Waals surface area contributed by atoms with Gasteiger partial charge in [-0.05, 0) is 48.0 Å². The second-order valence-corrected chi connectivity index (χ2v) is 6.52. The zero-order valence-electron chi connectivity index (χ0n) is 15.2. The van der Waals surface area contributed by atoms with Crippen molar-refractivity contribution >= 4 is 28.3 Å². The normalized spacial score (nSPS) is 10.9. The van der Waals surface area contributed by atoms with Gasteiger partial charge in [0.05, 0.1) is 7.11 Å². The van der Waals surface area contributed by atoms with Crippen LogP contribution in [0.15, 0.2) is 54.9 Å². The van der Waals surface area contributed by atoms with Crippen LogP contribution in [0.5, 0.6) is 5.75 Å². The van der Waals surface area contributed by atoms with E-state index in [-0.39, 0.29) is 5.82 Å². The van der Waals surface area contributed by atoms with Crippen LogP contribution in [0, 0.1) is 5.82 Å². The van der Waals surface area contributed by atoms with Crippen molar-refractivity contribution in [2.24, 2.45) is 0 Å². The largest absolute Gasteiger partial charge is 0.494 e. The Labute approximate surface area is 166 Å². The van der Waals surface area contributed by atoms with E-state index in [2.05, 4.69) is 20.3 Å². The average Bonchev–Trinajstić information content (AvgIpc) is 2.74. The summed E-state index contributed by atoms with van der Waals surface area (Å²) in [5.74, 6) is 1.26. The molecule has 0 aliphatic rings. The number of rotatable bonds is 4. The van der Waals surface area contributed by atoms with Crippen molar-refractivity contribution in [1.29, 1.82) is 0 Å². The average molecular weight is 395 g/mol. The van der Waals surface area contributed by atoms with Crippen molar-refractivity contribution < 1.29 is 9.13 Å². The van der Waals surface area contributed by atoms with Crippen LogP contribution in [0.2, 0.25) is 5.02 Å². The second kappa shape index (κ2) is 7.40. The molecule has 0 saturated heterocycles. The Morgan fingerprint density at radius 3 is 2.64 bits per heavy atom. The van der Waals surface area contributed by atoms with Gasteiger partial charge in [0.25, 0.3) is 0 Å². The van der Waals surface area contributed by atoms with Crippen LogP contribution in [0.25, 0.3) is 33.4 Å². The molecule has 0 fully saturated rings. The standard InChI is InChI=1S/C21H16ClFN4O/c1-24-21-16-8-13(15-10-14(22)5-6-17(15)23)9-18(28-2)19(16)26-20(27-21)12-4-3-7-25-11-12/h3-11H,1-2H3,(H,24,26,27). The molecule has 2 aromatic heterocycles. The van der Waals surface area contributed by atoms with Crippen molar-refractivity contribution in [3.05, 3.63) is 65.7 Å². The Bertz CT molecular complexity index is 1170. The molecule has 0 aliphatic carbocycles. The molecule has 140 valence electrons. The number of fused-ring (bicyclic) bond motifs is 1. The molecular formula is C21H16ClFN4O. The first kappa shape index (κ1) is 18.1. The predicted octanol–water partition coefficient (Wildman–Crippen LogP) is 5.20. The summed E-state index contributed by atoms with van der Waals surface area (Å²) in [6.07, 6.45) is 3.39. The van der Waals surface area contributed by atoms with Crippen molar-refractivity contribution in [3.63, 3.8) is 0 Å². The third kappa shape index (κ3) is 3.23. The summed E-state index contributed by atoms with van der Waals surface area (Å²) in [5.41, 5.74) is 2.41. The van der Waals surface area contributed by atoms with Gasteiger partial charge in [0.15, 0.2) is 5.82 Å². The summed E-state index contributed by atoms with van der Waals surface area (Å²) in [6.45, 7) is 0. The van der Waals surface area contributed by atoms with Gasteiger partial charge >= 0.3 is 0 Å². The number of methoxy groups -OCH3 is 1. The maximum absolute atomic E-state index is 14.4. The van der Waals surface area contributed by atoms with Crippen LogP contribution < -0.4 is 10.1 Å². The van der Waals surface area contributed by atoms with Crippen LogP contribution in [0.1, 0.15) is 0 Å². The molecule has 2 aromatic carbocycles. The van der Waals surface area contributed by atoms with Gasteiger partial charge in [0, 0.05) is 41.0 Å². The lowest BCUT2D eigenvalue weighted by Crippen LogP contribution is -2.01. The molecule has 0 bridgehead atoms. The molecule has 28 heavy (non-hydrogen) atoms. The monoisotopic (exact) mass is 394 g/mol. The molecule has 0 unspecified atom stereocenters. The highest BCUT2D eigenvalue weighted by Gasteiger charge is 2.16. The summed E-state index contributed by atoms with van der Waals surface area (Å²) in [4.78, 5) is 13.4. The number of benzene rings is 2. The molecule has 0 spiro atoms. The Morgan fingerprint density at radius 1 is 1.07 bits per heavy atom. The lowest BCUT2D eigenvalue weighted by atomic mass is 10.0. The third-order valence-electron chi connectivity index (χ3n) is 4.38. The minimum Gasteiger partial charge on any atom is -0.494 e. The zero-order chi connectivity index (χ0) is 19.7. The molecule has 4 aromatic rings. The molecule has 0 atom stereocenters. The fourth-order valence-corrected chi connectivity index (χ4v) is 3.22. The Kier molecular flexibility index (Phi) is 4.79. The summed E-state index contributed by atoms with van der Waals surface area (Å²) in [5, 5.41) is 4.25. The van der Waals surface area contributed by atoms with E-state index < -0.39 is 0 Å². The highest BCUT2D eigenvalue weighted by atomic mass is 35.5. The highest BCUT2D eigenvalue weighted by molar-refractivity contribution is 6.30. The molecular weight excluding hydrogens is 379 g/mol. The number of nitrogens with zero attached hydrogens (tertiary/aromatic N) is 3. The van der Waals surface area contributed by atoms with E-state index in [1.807, 2.05) is 18.2 Å². The van der Waals surface area contributed by atoms with Gasteiger partial charge in [-0.3, -0.25) is 4.98 Å². The number of hydrogen-bond acceptors (Lipinski definition) is 5.